The lowest BCUT2D eigenvalue weighted by atomic mass is 10.1. The first-order valence-electron chi connectivity index (χ1n) is 8.97. The summed E-state index contributed by atoms with van der Waals surface area (Å²) in [5.41, 5.74) is 2.47. The van der Waals surface area contributed by atoms with Gasteiger partial charge in [-0.05, 0) is 35.7 Å². The maximum Gasteiger partial charge on any atom is 0.246 e. The number of halogens is 1. The van der Waals surface area contributed by atoms with E-state index in [-0.39, 0.29) is 30.9 Å². The SMILES string of the molecule is CCC(C)C(=O)Nc1cccc(CNC(=O)COCc2ccccc2Cl)c1. The molecule has 0 aromatic heterocycles. The van der Waals surface area contributed by atoms with Crippen LogP contribution in [0.2, 0.25) is 5.02 Å². The third-order valence-corrected chi connectivity index (χ3v) is 4.56. The van der Waals surface area contributed by atoms with Crippen molar-refractivity contribution in [1.29, 1.82) is 0 Å². The Kier molecular flexibility index (Phi) is 8.30. The fourth-order valence-corrected chi connectivity index (χ4v) is 2.52. The molecule has 27 heavy (non-hydrogen) atoms. The summed E-state index contributed by atoms with van der Waals surface area (Å²) < 4.78 is 5.41. The molecule has 2 aromatic carbocycles. The molecule has 2 N–H and O–H groups in total. The average molecular weight is 389 g/mol. The van der Waals surface area contributed by atoms with Gasteiger partial charge < -0.3 is 15.4 Å². The lowest BCUT2D eigenvalue weighted by molar-refractivity contribution is -0.126. The summed E-state index contributed by atoms with van der Waals surface area (Å²) in [6.45, 7) is 4.47. The Labute approximate surface area is 165 Å². The van der Waals surface area contributed by atoms with Crippen molar-refractivity contribution in [3.63, 3.8) is 0 Å². The minimum Gasteiger partial charge on any atom is -0.367 e. The highest BCUT2D eigenvalue weighted by Gasteiger charge is 2.10. The number of hydrogen-bond donors (Lipinski definition) is 2. The lowest BCUT2D eigenvalue weighted by Gasteiger charge is -2.11. The molecule has 0 aliphatic carbocycles. The van der Waals surface area contributed by atoms with Crippen LogP contribution in [0.5, 0.6) is 0 Å². The summed E-state index contributed by atoms with van der Waals surface area (Å²) in [5, 5.41) is 6.31. The molecule has 5 nitrogen and oxygen atoms in total. The second kappa shape index (κ2) is 10.7. The highest BCUT2D eigenvalue weighted by molar-refractivity contribution is 6.31. The van der Waals surface area contributed by atoms with Crippen molar-refractivity contribution < 1.29 is 14.3 Å². The molecule has 144 valence electrons. The molecule has 0 fully saturated rings. The van der Waals surface area contributed by atoms with Gasteiger partial charge >= 0.3 is 0 Å². The van der Waals surface area contributed by atoms with Gasteiger partial charge in [0.1, 0.15) is 6.61 Å². The smallest absolute Gasteiger partial charge is 0.246 e. The zero-order valence-corrected chi connectivity index (χ0v) is 16.4. The molecule has 2 amide bonds. The molecule has 1 atom stereocenters. The lowest BCUT2D eigenvalue weighted by Crippen LogP contribution is -2.27. The molecule has 0 aliphatic heterocycles. The molecular weight excluding hydrogens is 364 g/mol. The number of carbonyl (C=O) groups is 2. The number of anilines is 1. The van der Waals surface area contributed by atoms with Crippen molar-refractivity contribution in [3.05, 3.63) is 64.7 Å². The number of hydrogen-bond acceptors (Lipinski definition) is 3. The number of rotatable bonds is 9. The van der Waals surface area contributed by atoms with E-state index in [2.05, 4.69) is 10.6 Å². The number of amides is 2. The second-order valence-electron chi connectivity index (χ2n) is 6.36. The molecule has 0 saturated carbocycles. The normalized spacial score (nSPS) is 11.7. The Hall–Kier alpha value is -2.37. The summed E-state index contributed by atoms with van der Waals surface area (Å²) >= 11 is 6.05. The predicted molar refractivity (Wildman–Crippen MR) is 107 cm³/mol. The minimum absolute atomic E-state index is 0.00772. The van der Waals surface area contributed by atoms with Gasteiger partial charge in [0, 0.05) is 23.2 Å². The van der Waals surface area contributed by atoms with Crippen molar-refractivity contribution in [1.82, 2.24) is 5.32 Å². The predicted octanol–water partition coefficient (Wildman–Crippen LogP) is 4.16. The van der Waals surface area contributed by atoms with Crippen LogP contribution in [-0.2, 0) is 27.5 Å². The molecule has 6 heteroatoms. The van der Waals surface area contributed by atoms with E-state index in [1.165, 1.54) is 0 Å². The summed E-state index contributed by atoms with van der Waals surface area (Å²) in [4.78, 5) is 23.9. The number of carbonyl (C=O) groups excluding carboxylic acids is 2. The Bertz CT molecular complexity index is 780. The zero-order valence-electron chi connectivity index (χ0n) is 15.6. The van der Waals surface area contributed by atoms with E-state index < -0.39 is 0 Å². The van der Waals surface area contributed by atoms with Gasteiger partial charge in [-0.1, -0.05) is 55.8 Å². The van der Waals surface area contributed by atoms with Gasteiger partial charge in [0.05, 0.1) is 6.61 Å². The maximum atomic E-state index is 12.0. The molecule has 0 bridgehead atoms. The van der Waals surface area contributed by atoms with Crippen molar-refractivity contribution >= 4 is 29.1 Å². The van der Waals surface area contributed by atoms with Crippen molar-refractivity contribution in [2.75, 3.05) is 11.9 Å². The summed E-state index contributed by atoms with van der Waals surface area (Å²) in [6.07, 6.45) is 0.787. The molecule has 0 heterocycles. The van der Waals surface area contributed by atoms with Crippen molar-refractivity contribution in [3.8, 4) is 0 Å². The zero-order chi connectivity index (χ0) is 19.6. The van der Waals surface area contributed by atoms with Gasteiger partial charge in [0.25, 0.3) is 0 Å². The minimum atomic E-state index is -0.212. The Balaban J connectivity index is 1.77. The van der Waals surface area contributed by atoms with E-state index >= 15 is 0 Å². The van der Waals surface area contributed by atoms with Crippen LogP contribution < -0.4 is 10.6 Å². The van der Waals surface area contributed by atoms with Crippen LogP contribution in [0, 0.1) is 5.92 Å². The molecule has 0 radical (unpaired) electrons. The number of nitrogens with one attached hydrogen (secondary N) is 2. The van der Waals surface area contributed by atoms with E-state index in [0.717, 1.165) is 23.2 Å². The maximum absolute atomic E-state index is 12.0. The molecule has 0 spiro atoms. The second-order valence-corrected chi connectivity index (χ2v) is 6.77. The van der Waals surface area contributed by atoms with Crippen LogP contribution in [0.15, 0.2) is 48.5 Å². The first-order valence-corrected chi connectivity index (χ1v) is 9.35. The summed E-state index contributed by atoms with van der Waals surface area (Å²) in [5.74, 6) is -0.258. The van der Waals surface area contributed by atoms with E-state index in [9.17, 15) is 9.59 Å². The fourth-order valence-electron chi connectivity index (χ4n) is 2.33. The number of ether oxygens (including phenoxy) is 1. The Morgan fingerprint density at radius 1 is 1.15 bits per heavy atom. The Morgan fingerprint density at radius 3 is 2.67 bits per heavy atom. The van der Waals surface area contributed by atoms with Gasteiger partial charge in [-0.25, -0.2) is 0 Å². The average Bonchev–Trinajstić information content (AvgIpc) is 2.67. The quantitative estimate of drug-likeness (QED) is 0.677. The summed E-state index contributed by atoms with van der Waals surface area (Å²) in [6, 6.07) is 14.8. The third-order valence-electron chi connectivity index (χ3n) is 4.19. The van der Waals surface area contributed by atoms with E-state index in [1.54, 1.807) is 6.07 Å². The summed E-state index contributed by atoms with van der Waals surface area (Å²) in [7, 11) is 0. The highest BCUT2D eigenvalue weighted by Crippen LogP contribution is 2.16. The van der Waals surface area contributed by atoms with Crippen molar-refractivity contribution in [2.45, 2.75) is 33.4 Å². The van der Waals surface area contributed by atoms with Gasteiger partial charge in [-0.15, -0.1) is 0 Å². The van der Waals surface area contributed by atoms with Crippen LogP contribution in [-0.4, -0.2) is 18.4 Å². The van der Waals surface area contributed by atoms with Crippen LogP contribution in [0.4, 0.5) is 5.69 Å². The Morgan fingerprint density at radius 2 is 1.93 bits per heavy atom. The van der Waals surface area contributed by atoms with Crippen LogP contribution in [0.25, 0.3) is 0 Å². The standard InChI is InChI=1S/C21H25ClN2O3/c1-3-15(2)21(26)24-18-9-6-7-16(11-18)12-23-20(25)14-27-13-17-8-4-5-10-19(17)22/h4-11,15H,3,12-14H2,1-2H3,(H,23,25)(H,24,26). The van der Waals surface area contributed by atoms with Gasteiger partial charge in [0.2, 0.25) is 11.8 Å². The molecule has 2 rings (SSSR count). The molecule has 0 aliphatic rings. The third kappa shape index (κ3) is 7.04. The number of benzene rings is 2. The van der Waals surface area contributed by atoms with Crippen molar-refractivity contribution in [2.24, 2.45) is 5.92 Å². The largest absolute Gasteiger partial charge is 0.367 e. The highest BCUT2D eigenvalue weighted by atomic mass is 35.5. The first-order chi connectivity index (χ1) is 13.0. The van der Waals surface area contributed by atoms with Crippen LogP contribution in [0.3, 0.4) is 0 Å². The van der Waals surface area contributed by atoms with E-state index in [4.69, 9.17) is 16.3 Å². The topological polar surface area (TPSA) is 67.4 Å². The molecule has 1 unspecified atom stereocenters. The molecular formula is C21H25ClN2O3. The van der Waals surface area contributed by atoms with E-state index in [1.807, 2.05) is 56.3 Å². The molecule has 2 aromatic rings. The van der Waals surface area contributed by atoms with Gasteiger partial charge in [0.15, 0.2) is 0 Å². The van der Waals surface area contributed by atoms with Crippen LogP contribution >= 0.6 is 11.6 Å². The first kappa shape index (κ1) is 20.9. The molecule has 0 saturated heterocycles. The van der Waals surface area contributed by atoms with Gasteiger partial charge in [-0.3, -0.25) is 9.59 Å². The van der Waals surface area contributed by atoms with E-state index in [0.29, 0.717) is 11.6 Å². The van der Waals surface area contributed by atoms with Crippen LogP contribution in [0.1, 0.15) is 31.4 Å². The fraction of sp³-hybridized carbons (Fsp3) is 0.333. The monoisotopic (exact) mass is 388 g/mol. The van der Waals surface area contributed by atoms with Gasteiger partial charge in [-0.2, -0.15) is 0 Å².